The lowest BCUT2D eigenvalue weighted by molar-refractivity contribution is 0.204. The van der Waals surface area contributed by atoms with Crippen LogP contribution in [-0.4, -0.2) is 20.6 Å². The van der Waals surface area contributed by atoms with E-state index in [0.29, 0.717) is 11.4 Å². The summed E-state index contributed by atoms with van der Waals surface area (Å²) in [5, 5.41) is 15.4. The highest BCUT2D eigenvalue weighted by Gasteiger charge is 2.10. The summed E-state index contributed by atoms with van der Waals surface area (Å²) < 4.78 is 1.83. The normalized spacial score (nSPS) is 12.6. The number of aliphatic hydroxyl groups is 1. The molecule has 3 N–H and O–H groups in total. The third kappa shape index (κ3) is 3.05. The summed E-state index contributed by atoms with van der Waals surface area (Å²) in [6.07, 6.45) is -0.495. The number of nitrogens with zero attached hydrogens (tertiary/aromatic N) is 2. The molecule has 1 unspecified atom stereocenters. The molecule has 0 amide bonds. The van der Waals surface area contributed by atoms with Crippen LogP contribution in [0.15, 0.2) is 35.4 Å². The van der Waals surface area contributed by atoms with Gasteiger partial charge in [0.1, 0.15) is 0 Å². The highest BCUT2D eigenvalue weighted by molar-refractivity contribution is 7.99. The lowest BCUT2D eigenvalue weighted by Gasteiger charge is -2.10. The molecule has 1 aromatic heterocycles. The highest BCUT2D eigenvalue weighted by Crippen LogP contribution is 2.25. The number of anilines is 1. The number of thioether (sulfide) groups is 1. The number of aliphatic hydroxyl groups excluding tert-OH is 1. The fraction of sp³-hybridized carbons (Fsp3) is 0.308. The zero-order valence-electron chi connectivity index (χ0n) is 10.5. The highest BCUT2D eigenvalue weighted by atomic mass is 32.2. The Kier molecular flexibility index (Phi) is 3.93. The molecule has 2 aromatic rings. The van der Waals surface area contributed by atoms with Crippen molar-refractivity contribution in [3.63, 3.8) is 0 Å². The van der Waals surface area contributed by atoms with Crippen LogP contribution >= 0.6 is 11.8 Å². The van der Waals surface area contributed by atoms with E-state index in [9.17, 15) is 5.11 Å². The number of benzene rings is 1. The quantitative estimate of drug-likeness (QED) is 0.655. The van der Waals surface area contributed by atoms with Crippen molar-refractivity contribution in [2.75, 3.05) is 11.5 Å². The van der Waals surface area contributed by atoms with Crippen molar-refractivity contribution in [3.8, 4) is 0 Å². The third-order valence-electron chi connectivity index (χ3n) is 2.67. The fourth-order valence-electron chi connectivity index (χ4n) is 1.70. The molecule has 0 aliphatic heterocycles. The van der Waals surface area contributed by atoms with Crippen LogP contribution in [0.5, 0.6) is 0 Å². The first-order chi connectivity index (χ1) is 8.56. The van der Waals surface area contributed by atoms with Crippen molar-refractivity contribution in [1.82, 2.24) is 9.78 Å². The topological polar surface area (TPSA) is 64.1 Å². The van der Waals surface area contributed by atoms with Crippen molar-refractivity contribution in [1.29, 1.82) is 0 Å². The molecule has 0 spiro atoms. The average molecular weight is 263 g/mol. The predicted octanol–water partition coefficient (Wildman–Crippen LogP) is 2.14. The van der Waals surface area contributed by atoms with Gasteiger partial charge in [0.25, 0.3) is 0 Å². The number of hydrogen-bond acceptors (Lipinski definition) is 4. The molecule has 4 nitrogen and oxygen atoms in total. The molecule has 2 rings (SSSR count). The second-order valence-corrected chi connectivity index (χ2v) is 5.28. The van der Waals surface area contributed by atoms with Crippen LogP contribution in [0, 0.1) is 6.92 Å². The molecule has 5 heteroatoms. The number of nitrogen functional groups attached to an aromatic ring is 1. The van der Waals surface area contributed by atoms with E-state index in [2.05, 4.69) is 5.10 Å². The second-order valence-electron chi connectivity index (χ2n) is 4.24. The largest absolute Gasteiger partial charge is 0.399 e. The molecule has 0 saturated heterocycles. The van der Waals surface area contributed by atoms with E-state index in [1.165, 1.54) is 0 Å². The van der Waals surface area contributed by atoms with E-state index in [-0.39, 0.29) is 0 Å². The number of rotatable bonds is 4. The van der Waals surface area contributed by atoms with Gasteiger partial charge < -0.3 is 10.8 Å². The Bertz CT molecular complexity index is 522. The summed E-state index contributed by atoms with van der Waals surface area (Å²) in [7, 11) is 1.91. The lowest BCUT2D eigenvalue weighted by atomic mass is 10.1. The van der Waals surface area contributed by atoms with Crippen LogP contribution in [0.3, 0.4) is 0 Å². The molecule has 1 aromatic carbocycles. The molecule has 0 bridgehead atoms. The van der Waals surface area contributed by atoms with Gasteiger partial charge >= 0.3 is 0 Å². The number of hydrogen-bond donors (Lipinski definition) is 2. The van der Waals surface area contributed by atoms with Crippen LogP contribution in [0.25, 0.3) is 0 Å². The Balaban J connectivity index is 1.98. The van der Waals surface area contributed by atoms with E-state index >= 15 is 0 Å². The van der Waals surface area contributed by atoms with Gasteiger partial charge in [0, 0.05) is 18.5 Å². The summed E-state index contributed by atoms with van der Waals surface area (Å²) in [5.41, 5.74) is 8.20. The van der Waals surface area contributed by atoms with Gasteiger partial charge in [0.15, 0.2) is 0 Å². The summed E-state index contributed by atoms with van der Waals surface area (Å²) in [5.74, 6) is 0.600. The fourth-order valence-corrected chi connectivity index (χ4v) is 2.70. The molecular weight excluding hydrogens is 246 g/mol. The average Bonchev–Trinajstić information content (AvgIpc) is 2.66. The standard InChI is InChI=1S/C13H17N3OS/c1-9-7-13(16(2)15-9)18-8-12(17)10-3-5-11(14)6-4-10/h3-7,12,17H,8,14H2,1-2H3. The Morgan fingerprint density at radius 2 is 2.06 bits per heavy atom. The van der Waals surface area contributed by atoms with Crippen molar-refractivity contribution in [2.24, 2.45) is 7.05 Å². The van der Waals surface area contributed by atoms with Crippen molar-refractivity contribution >= 4 is 17.4 Å². The van der Waals surface area contributed by atoms with E-state index in [1.807, 2.05) is 36.9 Å². The second kappa shape index (κ2) is 5.46. The van der Waals surface area contributed by atoms with Crippen LogP contribution < -0.4 is 5.73 Å². The Hall–Kier alpha value is -1.46. The summed E-state index contributed by atoms with van der Waals surface area (Å²) in [6.45, 7) is 1.96. The predicted molar refractivity (Wildman–Crippen MR) is 74.5 cm³/mol. The SMILES string of the molecule is Cc1cc(SCC(O)c2ccc(N)cc2)n(C)n1. The number of aromatic nitrogens is 2. The maximum Gasteiger partial charge on any atom is 0.0940 e. The molecule has 0 fully saturated rings. The van der Waals surface area contributed by atoms with Gasteiger partial charge in [-0.25, -0.2) is 0 Å². The zero-order valence-corrected chi connectivity index (χ0v) is 11.3. The molecular formula is C13H17N3OS. The number of aryl methyl sites for hydroxylation is 2. The Labute approximate surface area is 111 Å². The van der Waals surface area contributed by atoms with Crippen molar-refractivity contribution in [3.05, 3.63) is 41.6 Å². The van der Waals surface area contributed by atoms with Crippen molar-refractivity contribution in [2.45, 2.75) is 18.1 Å². The van der Waals surface area contributed by atoms with E-state index in [1.54, 1.807) is 23.9 Å². The molecule has 96 valence electrons. The molecule has 18 heavy (non-hydrogen) atoms. The maximum absolute atomic E-state index is 10.1. The van der Waals surface area contributed by atoms with Gasteiger partial charge in [-0.2, -0.15) is 5.10 Å². The molecule has 1 heterocycles. The Morgan fingerprint density at radius 3 is 2.61 bits per heavy atom. The van der Waals surface area contributed by atoms with Crippen LogP contribution in [0.4, 0.5) is 5.69 Å². The first-order valence-electron chi connectivity index (χ1n) is 5.73. The van der Waals surface area contributed by atoms with Gasteiger partial charge in [-0.1, -0.05) is 12.1 Å². The first kappa shape index (κ1) is 13.0. The molecule has 0 saturated carbocycles. The van der Waals surface area contributed by atoms with Gasteiger partial charge in [-0.05, 0) is 30.7 Å². The molecule has 0 radical (unpaired) electrons. The molecule has 1 atom stereocenters. The minimum atomic E-state index is -0.495. The minimum absolute atomic E-state index is 0.495. The van der Waals surface area contributed by atoms with Gasteiger partial charge in [-0.15, -0.1) is 11.8 Å². The van der Waals surface area contributed by atoms with Gasteiger partial charge in [-0.3, -0.25) is 4.68 Å². The molecule has 0 aliphatic carbocycles. The number of nitrogens with two attached hydrogens (primary N) is 1. The van der Waals surface area contributed by atoms with Crippen LogP contribution in [0.1, 0.15) is 17.4 Å². The summed E-state index contributed by atoms with van der Waals surface area (Å²) in [6, 6.07) is 9.33. The van der Waals surface area contributed by atoms with Gasteiger partial charge in [0.05, 0.1) is 16.8 Å². The van der Waals surface area contributed by atoms with Crippen molar-refractivity contribution < 1.29 is 5.11 Å². The third-order valence-corrected chi connectivity index (χ3v) is 3.83. The van der Waals surface area contributed by atoms with Gasteiger partial charge in [0.2, 0.25) is 0 Å². The van der Waals surface area contributed by atoms with E-state index in [4.69, 9.17) is 5.73 Å². The zero-order chi connectivity index (χ0) is 13.1. The van der Waals surface area contributed by atoms with Crippen LogP contribution in [0.2, 0.25) is 0 Å². The minimum Gasteiger partial charge on any atom is -0.399 e. The summed E-state index contributed by atoms with van der Waals surface area (Å²) in [4.78, 5) is 0. The summed E-state index contributed by atoms with van der Waals surface area (Å²) >= 11 is 1.59. The maximum atomic E-state index is 10.1. The van der Waals surface area contributed by atoms with Crippen LogP contribution in [-0.2, 0) is 7.05 Å². The lowest BCUT2D eigenvalue weighted by Crippen LogP contribution is -2.02. The smallest absolute Gasteiger partial charge is 0.0940 e. The van der Waals surface area contributed by atoms with E-state index in [0.717, 1.165) is 16.3 Å². The van der Waals surface area contributed by atoms with E-state index < -0.39 is 6.10 Å². The Morgan fingerprint density at radius 1 is 1.39 bits per heavy atom. The first-order valence-corrected chi connectivity index (χ1v) is 6.72. The monoisotopic (exact) mass is 263 g/mol. The molecule has 0 aliphatic rings.